The van der Waals surface area contributed by atoms with Crippen LogP contribution in [-0.2, 0) is 10.0 Å². The summed E-state index contributed by atoms with van der Waals surface area (Å²) in [5, 5.41) is 0. The summed E-state index contributed by atoms with van der Waals surface area (Å²) in [6.07, 6.45) is 0.958. The summed E-state index contributed by atoms with van der Waals surface area (Å²) < 4.78 is 27.6. The summed E-state index contributed by atoms with van der Waals surface area (Å²) in [6, 6.07) is 5.15. The maximum absolute atomic E-state index is 12.4. The van der Waals surface area contributed by atoms with E-state index in [0.717, 1.165) is 10.9 Å². The highest BCUT2D eigenvalue weighted by Crippen LogP contribution is 2.28. The van der Waals surface area contributed by atoms with Gasteiger partial charge in [-0.15, -0.1) is 0 Å². The van der Waals surface area contributed by atoms with E-state index in [1.165, 1.54) is 4.31 Å². The first-order chi connectivity index (χ1) is 8.28. The van der Waals surface area contributed by atoms with E-state index in [9.17, 15) is 8.42 Å². The summed E-state index contributed by atoms with van der Waals surface area (Å²) in [6.45, 7) is 4.62. The van der Waals surface area contributed by atoms with Crippen molar-refractivity contribution in [3.8, 4) is 0 Å². The zero-order valence-electron chi connectivity index (χ0n) is 10.7. The van der Waals surface area contributed by atoms with E-state index in [4.69, 9.17) is 0 Å². The lowest BCUT2D eigenvalue weighted by Gasteiger charge is -2.21. The third kappa shape index (κ3) is 3.79. The maximum Gasteiger partial charge on any atom is 0.243 e. The summed E-state index contributed by atoms with van der Waals surface area (Å²) in [4.78, 5) is 0.294. The van der Waals surface area contributed by atoms with Gasteiger partial charge in [-0.3, -0.25) is 0 Å². The second-order valence-electron chi connectivity index (χ2n) is 4.37. The van der Waals surface area contributed by atoms with Crippen molar-refractivity contribution in [1.82, 2.24) is 4.31 Å². The molecule has 102 valence electrons. The molecule has 6 heteroatoms. The summed E-state index contributed by atoms with van der Waals surface area (Å²) in [7, 11) is -1.82. The van der Waals surface area contributed by atoms with Gasteiger partial charge in [0, 0.05) is 22.5 Å². The standard InChI is InChI=1S/C12H17Br2NO2S/c1-4-9(2)8-15(3)18(16,17)12-7-10(13)5-6-11(12)14/h5-7,9H,4,8H2,1-3H3. The Balaban J connectivity index is 3.09. The Hall–Kier alpha value is 0.0900. The Labute approximate surface area is 126 Å². The van der Waals surface area contributed by atoms with Crippen molar-refractivity contribution in [2.24, 2.45) is 5.92 Å². The van der Waals surface area contributed by atoms with Gasteiger partial charge in [0.2, 0.25) is 10.0 Å². The molecular formula is C12H17Br2NO2S. The predicted octanol–water partition coefficient (Wildman–Crippen LogP) is 3.88. The lowest BCUT2D eigenvalue weighted by atomic mass is 10.1. The largest absolute Gasteiger partial charge is 0.243 e. The highest BCUT2D eigenvalue weighted by atomic mass is 79.9. The average molecular weight is 399 g/mol. The molecule has 18 heavy (non-hydrogen) atoms. The molecule has 1 aromatic carbocycles. The van der Waals surface area contributed by atoms with Gasteiger partial charge < -0.3 is 0 Å². The molecule has 0 aliphatic rings. The predicted molar refractivity (Wildman–Crippen MR) is 81.1 cm³/mol. The van der Waals surface area contributed by atoms with Gasteiger partial charge in [0.1, 0.15) is 0 Å². The molecule has 1 unspecified atom stereocenters. The van der Waals surface area contributed by atoms with Gasteiger partial charge in [-0.2, -0.15) is 0 Å². The van der Waals surface area contributed by atoms with Gasteiger partial charge in [0.05, 0.1) is 4.90 Å². The Morgan fingerprint density at radius 3 is 2.50 bits per heavy atom. The van der Waals surface area contributed by atoms with Gasteiger partial charge in [0.25, 0.3) is 0 Å². The maximum atomic E-state index is 12.4. The minimum absolute atomic E-state index is 0.294. The molecule has 0 N–H and O–H groups in total. The van der Waals surface area contributed by atoms with Crippen molar-refractivity contribution < 1.29 is 8.42 Å². The Bertz CT molecular complexity index is 517. The van der Waals surface area contributed by atoms with Crippen molar-refractivity contribution in [2.45, 2.75) is 25.2 Å². The molecule has 3 nitrogen and oxygen atoms in total. The molecule has 0 aliphatic heterocycles. The molecule has 1 aromatic rings. The quantitative estimate of drug-likeness (QED) is 0.754. The summed E-state index contributed by atoms with van der Waals surface area (Å²) in [5.74, 6) is 0.343. The van der Waals surface area contributed by atoms with Crippen LogP contribution in [0.5, 0.6) is 0 Å². The van der Waals surface area contributed by atoms with Crippen LogP contribution in [0.15, 0.2) is 32.0 Å². The average Bonchev–Trinajstić information content (AvgIpc) is 2.31. The number of benzene rings is 1. The van der Waals surface area contributed by atoms with Crippen LogP contribution >= 0.6 is 31.9 Å². The first-order valence-corrected chi connectivity index (χ1v) is 8.73. The van der Waals surface area contributed by atoms with Gasteiger partial charge in [0.15, 0.2) is 0 Å². The summed E-state index contributed by atoms with van der Waals surface area (Å²) >= 11 is 6.59. The van der Waals surface area contributed by atoms with Crippen LogP contribution in [0.4, 0.5) is 0 Å². The Kier molecular flexibility index (Phi) is 5.83. The van der Waals surface area contributed by atoms with Gasteiger partial charge in [-0.25, -0.2) is 12.7 Å². The SMILES string of the molecule is CCC(C)CN(C)S(=O)(=O)c1cc(Br)ccc1Br. The van der Waals surface area contributed by atoms with E-state index in [1.807, 2.05) is 6.92 Å². The molecule has 1 rings (SSSR count). The van der Waals surface area contributed by atoms with Crippen LogP contribution in [0.1, 0.15) is 20.3 Å². The first kappa shape index (κ1) is 16.1. The fraction of sp³-hybridized carbons (Fsp3) is 0.500. The van der Waals surface area contributed by atoms with Gasteiger partial charge in [-0.05, 0) is 40.0 Å². The number of nitrogens with zero attached hydrogens (tertiary/aromatic N) is 1. The fourth-order valence-electron chi connectivity index (χ4n) is 1.51. The summed E-state index contributed by atoms with van der Waals surface area (Å²) in [5.41, 5.74) is 0. The van der Waals surface area contributed by atoms with Crippen LogP contribution in [0.2, 0.25) is 0 Å². The molecule has 0 spiro atoms. The zero-order chi connectivity index (χ0) is 13.9. The van der Waals surface area contributed by atoms with Crippen LogP contribution in [-0.4, -0.2) is 26.3 Å². The van der Waals surface area contributed by atoms with Crippen molar-refractivity contribution in [2.75, 3.05) is 13.6 Å². The number of sulfonamides is 1. The van der Waals surface area contributed by atoms with Gasteiger partial charge in [-0.1, -0.05) is 36.2 Å². The van der Waals surface area contributed by atoms with Crippen LogP contribution in [0, 0.1) is 5.92 Å². The fourth-order valence-corrected chi connectivity index (χ4v) is 4.26. The molecule has 0 aliphatic carbocycles. The molecule has 1 atom stereocenters. The number of halogens is 2. The van der Waals surface area contributed by atoms with Crippen molar-refractivity contribution in [3.05, 3.63) is 27.1 Å². The number of hydrogen-bond donors (Lipinski definition) is 0. The van der Waals surface area contributed by atoms with Crippen LogP contribution in [0.3, 0.4) is 0 Å². The lowest BCUT2D eigenvalue weighted by molar-refractivity contribution is 0.393. The van der Waals surface area contributed by atoms with Crippen molar-refractivity contribution in [3.63, 3.8) is 0 Å². The lowest BCUT2D eigenvalue weighted by Crippen LogP contribution is -2.31. The molecule has 0 saturated carbocycles. The van der Waals surface area contributed by atoms with E-state index in [1.54, 1.807) is 25.2 Å². The van der Waals surface area contributed by atoms with E-state index in [2.05, 4.69) is 38.8 Å². The Morgan fingerprint density at radius 2 is 1.94 bits per heavy atom. The number of hydrogen-bond acceptors (Lipinski definition) is 2. The van der Waals surface area contributed by atoms with E-state index in [0.29, 0.717) is 21.8 Å². The molecule has 0 radical (unpaired) electrons. The highest BCUT2D eigenvalue weighted by Gasteiger charge is 2.24. The van der Waals surface area contributed by atoms with E-state index < -0.39 is 10.0 Å². The second-order valence-corrected chi connectivity index (χ2v) is 8.16. The molecule has 0 bridgehead atoms. The minimum Gasteiger partial charge on any atom is -0.207 e. The Morgan fingerprint density at radius 1 is 1.33 bits per heavy atom. The van der Waals surface area contributed by atoms with Crippen molar-refractivity contribution >= 4 is 41.9 Å². The molecule has 0 fully saturated rings. The van der Waals surface area contributed by atoms with Crippen LogP contribution in [0.25, 0.3) is 0 Å². The smallest absolute Gasteiger partial charge is 0.207 e. The van der Waals surface area contributed by atoms with Gasteiger partial charge >= 0.3 is 0 Å². The topological polar surface area (TPSA) is 37.4 Å². The number of rotatable bonds is 5. The molecular weight excluding hydrogens is 382 g/mol. The molecule has 0 saturated heterocycles. The zero-order valence-corrected chi connectivity index (χ0v) is 14.6. The third-order valence-corrected chi connectivity index (χ3v) is 6.16. The minimum atomic E-state index is -3.44. The molecule has 0 heterocycles. The molecule has 0 aromatic heterocycles. The second kappa shape index (κ2) is 6.50. The van der Waals surface area contributed by atoms with E-state index >= 15 is 0 Å². The van der Waals surface area contributed by atoms with Crippen LogP contribution < -0.4 is 0 Å². The third-order valence-electron chi connectivity index (χ3n) is 2.85. The highest BCUT2D eigenvalue weighted by molar-refractivity contribution is 9.11. The van der Waals surface area contributed by atoms with E-state index in [-0.39, 0.29) is 0 Å². The first-order valence-electron chi connectivity index (χ1n) is 5.70. The monoisotopic (exact) mass is 397 g/mol. The normalized spacial score (nSPS) is 13.9. The molecule has 0 amide bonds. The van der Waals surface area contributed by atoms with Crippen molar-refractivity contribution in [1.29, 1.82) is 0 Å².